The molecule has 0 saturated heterocycles. The van der Waals surface area contributed by atoms with Crippen LogP contribution in [0.1, 0.15) is 19.8 Å². The van der Waals surface area contributed by atoms with E-state index in [9.17, 15) is 0 Å². The van der Waals surface area contributed by atoms with E-state index in [1.165, 1.54) is 0 Å². The Morgan fingerprint density at radius 3 is 3.06 bits per heavy atom. The monoisotopic (exact) mass is 260 g/mol. The fraction of sp³-hybridized carbons (Fsp3) is 0.267. The van der Waals surface area contributed by atoms with E-state index in [1.54, 1.807) is 6.20 Å². The molecule has 0 bridgehead atoms. The maximum atomic E-state index is 6.17. The standard InChI is InChI=1S/C15H17ClN2/c1-3-4-6-11(2)18-14-9-8-13(16)12-7-5-10-17-15(12)14/h3,5,7-11,18H,1,4,6H2,2H3. The van der Waals surface area contributed by atoms with Gasteiger partial charge in [-0.25, -0.2) is 0 Å². The van der Waals surface area contributed by atoms with Crippen molar-refractivity contribution in [3.63, 3.8) is 0 Å². The first-order valence-electron chi connectivity index (χ1n) is 6.13. The van der Waals surface area contributed by atoms with Crippen molar-refractivity contribution < 1.29 is 0 Å². The third kappa shape index (κ3) is 2.82. The van der Waals surface area contributed by atoms with Crippen LogP contribution in [-0.2, 0) is 0 Å². The van der Waals surface area contributed by atoms with Crippen LogP contribution in [0, 0.1) is 0 Å². The molecule has 0 fully saturated rings. The minimum atomic E-state index is 0.384. The Morgan fingerprint density at radius 2 is 2.28 bits per heavy atom. The number of nitrogens with zero attached hydrogens (tertiary/aromatic N) is 1. The molecule has 0 aliphatic rings. The van der Waals surface area contributed by atoms with Crippen molar-refractivity contribution in [2.75, 3.05) is 5.32 Å². The number of rotatable bonds is 5. The minimum absolute atomic E-state index is 0.384. The maximum Gasteiger partial charge on any atom is 0.0948 e. The highest BCUT2D eigenvalue weighted by Crippen LogP contribution is 2.28. The summed E-state index contributed by atoms with van der Waals surface area (Å²) >= 11 is 6.17. The molecule has 3 heteroatoms. The number of pyridine rings is 1. The number of fused-ring (bicyclic) bond motifs is 1. The zero-order valence-corrected chi connectivity index (χ0v) is 11.2. The summed E-state index contributed by atoms with van der Waals surface area (Å²) in [6.45, 7) is 5.90. The van der Waals surface area contributed by atoms with Crippen LogP contribution in [0.25, 0.3) is 10.9 Å². The first kappa shape index (κ1) is 12.9. The average molecular weight is 261 g/mol. The van der Waals surface area contributed by atoms with Crippen LogP contribution in [-0.4, -0.2) is 11.0 Å². The fourth-order valence-electron chi connectivity index (χ4n) is 1.96. The van der Waals surface area contributed by atoms with E-state index in [0.717, 1.165) is 34.5 Å². The number of benzene rings is 1. The van der Waals surface area contributed by atoms with Crippen molar-refractivity contribution in [1.82, 2.24) is 4.98 Å². The third-order valence-electron chi connectivity index (χ3n) is 2.92. The summed E-state index contributed by atoms with van der Waals surface area (Å²) in [6.07, 6.45) is 5.79. The van der Waals surface area contributed by atoms with E-state index in [4.69, 9.17) is 11.6 Å². The van der Waals surface area contributed by atoms with Crippen molar-refractivity contribution in [3.8, 4) is 0 Å². The zero-order valence-electron chi connectivity index (χ0n) is 10.5. The van der Waals surface area contributed by atoms with Crippen LogP contribution in [0.15, 0.2) is 43.1 Å². The van der Waals surface area contributed by atoms with Gasteiger partial charge < -0.3 is 5.32 Å². The van der Waals surface area contributed by atoms with Gasteiger partial charge in [-0.3, -0.25) is 4.98 Å². The van der Waals surface area contributed by atoms with Gasteiger partial charge in [-0.05, 0) is 44.0 Å². The number of hydrogen-bond donors (Lipinski definition) is 1. The van der Waals surface area contributed by atoms with Gasteiger partial charge in [-0.1, -0.05) is 17.7 Å². The van der Waals surface area contributed by atoms with Crippen molar-refractivity contribution in [3.05, 3.63) is 48.1 Å². The zero-order chi connectivity index (χ0) is 13.0. The van der Waals surface area contributed by atoms with Crippen LogP contribution in [0.3, 0.4) is 0 Å². The normalized spacial score (nSPS) is 12.3. The van der Waals surface area contributed by atoms with Crippen LogP contribution in [0.5, 0.6) is 0 Å². The summed E-state index contributed by atoms with van der Waals surface area (Å²) in [4.78, 5) is 4.41. The molecule has 0 aliphatic carbocycles. The summed E-state index contributed by atoms with van der Waals surface area (Å²) in [5, 5.41) is 5.20. The smallest absolute Gasteiger partial charge is 0.0948 e. The molecule has 2 rings (SSSR count). The molecule has 0 spiro atoms. The summed E-state index contributed by atoms with van der Waals surface area (Å²) in [5.41, 5.74) is 1.96. The third-order valence-corrected chi connectivity index (χ3v) is 3.25. The maximum absolute atomic E-state index is 6.17. The average Bonchev–Trinajstić information content (AvgIpc) is 2.40. The number of hydrogen-bond acceptors (Lipinski definition) is 2. The number of nitrogens with one attached hydrogen (secondary N) is 1. The van der Waals surface area contributed by atoms with Gasteiger partial charge in [0.05, 0.1) is 16.2 Å². The lowest BCUT2D eigenvalue weighted by Gasteiger charge is -2.16. The van der Waals surface area contributed by atoms with Crippen LogP contribution >= 0.6 is 11.6 Å². The predicted molar refractivity (Wildman–Crippen MR) is 79.3 cm³/mol. The van der Waals surface area contributed by atoms with E-state index < -0.39 is 0 Å². The van der Waals surface area contributed by atoms with Gasteiger partial charge in [0.25, 0.3) is 0 Å². The molecule has 2 aromatic rings. The molecule has 0 amide bonds. The summed E-state index contributed by atoms with van der Waals surface area (Å²) in [5.74, 6) is 0. The lowest BCUT2D eigenvalue weighted by molar-refractivity contribution is 0.719. The van der Waals surface area contributed by atoms with Gasteiger partial charge in [0, 0.05) is 17.6 Å². The number of allylic oxidation sites excluding steroid dienone is 1. The van der Waals surface area contributed by atoms with Gasteiger partial charge in [0.1, 0.15) is 0 Å². The SMILES string of the molecule is C=CCCC(C)Nc1ccc(Cl)c2cccnc12. The molecule has 0 saturated carbocycles. The molecule has 18 heavy (non-hydrogen) atoms. The van der Waals surface area contributed by atoms with Gasteiger partial charge >= 0.3 is 0 Å². The lowest BCUT2D eigenvalue weighted by atomic mass is 10.1. The molecule has 1 unspecified atom stereocenters. The largest absolute Gasteiger partial charge is 0.381 e. The Kier molecular flexibility index (Phi) is 4.21. The summed E-state index contributed by atoms with van der Waals surface area (Å²) < 4.78 is 0. The molecule has 2 nitrogen and oxygen atoms in total. The van der Waals surface area contributed by atoms with Gasteiger partial charge in [0.15, 0.2) is 0 Å². The first-order valence-corrected chi connectivity index (χ1v) is 6.51. The van der Waals surface area contributed by atoms with E-state index in [2.05, 4.69) is 23.8 Å². The first-order chi connectivity index (χ1) is 8.72. The van der Waals surface area contributed by atoms with E-state index >= 15 is 0 Å². The quantitative estimate of drug-likeness (QED) is 0.791. The van der Waals surface area contributed by atoms with Gasteiger partial charge in [0.2, 0.25) is 0 Å². The molecule has 0 radical (unpaired) electrons. The molecular weight excluding hydrogens is 244 g/mol. The summed E-state index contributed by atoms with van der Waals surface area (Å²) in [7, 11) is 0. The van der Waals surface area contributed by atoms with Crippen LogP contribution in [0.2, 0.25) is 5.02 Å². The number of aromatic nitrogens is 1. The minimum Gasteiger partial charge on any atom is -0.381 e. The Bertz CT molecular complexity index is 551. The second-order valence-electron chi connectivity index (χ2n) is 4.41. The highest BCUT2D eigenvalue weighted by atomic mass is 35.5. The Hall–Kier alpha value is -1.54. The second kappa shape index (κ2) is 5.87. The van der Waals surface area contributed by atoms with E-state index in [1.807, 2.05) is 30.3 Å². The molecule has 0 aliphatic heterocycles. The van der Waals surface area contributed by atoms with Crippen molar-refractivity contribution in [1.29, 1.82) is 0 Å². The summed E-state index contributed by atoms with van der Waals surface area (Å²) in [6, 6.07) is 8.17. The highest BCUT2D eigenvalue weighted by Gasteiger charge is 2.07. The molecule has 94 valence electrons. The van der Waals surface area contributed by atoms with Crippen molar-refractivity contribution in [2.24, 2.45) is 0 Å². The molecule has 1 heterocycles. The Morgan fingerprint density at radius 1 is 1.44 bits per heavy atom. The molecular formula is C15H17ClN2. The Labute approximate surface area is 113 Å². The molecule has 1 aromatic carbocycles. The van der Waals surface area contributed by atoms with Crippen molar-refractivity contribution in [2.45, 2.75) is 25.8 Å². The fourth-order valence-corrected chi connectivity index (χ4v) is 2.18. The number of anilines is 1. The van der Waals surface area contributed by atoms with Crippen LogP contribution in [0.4, 0.5) is 5.69 Å². The second-order valence-corrected chi connectivity index (χ2v) is 4.81. The molecule has 1 aromatic heterocycles. The molecule has 1 N–H and O–H groups in total. The topological polar surface area (TPSA) is 24.9 Å². The predicted octanol–water partition coefficient (Wildman–Crippen LogP) is 4.65. The van der Waals surface area contributed by atoms with E-state index in [-0.39, 0.29) is 0 Å². The Balaban J connectivity index is 2.28. The number of halogens is 1. The van der Waals surface area contributed by atoms with Crippen LogP contribution < -0.4 is 5.32 Å². The van der Waals surface area contributed by atoms with Gasteiger partial charge in [-0.15, -0.1) is 6.58 Å². The van der Waals surface area contributed by atoms with Gasteiger partial charge in [-0.2, -0.15) is 0 Å². The van der Waals surface area contributed by atoms with E-state index in [0.29, 0.717) is 6.04 Å². The lowest BCUT2D eigenvalue weighted by Crippen LogP contribution is -2.14. The highest BCUT2D eigenvalue weighted by molar-refractivity contribution is 6.35. The van der Waals surface area contributed by atoms with Crippen molar-refractivity contribution >= 4 is 28.2 Å². The molecule has 1 atom stereocenters.